The van der Waals surface area contributed by atoms with Crippen LogP contribution in [0, 0.1) is 0 Å². The van der Waals surface area contributed by atoms with E-state index in [0.717, 1.165) is 57.5 Å². The topological polar surface area (TPSA) is 69.9 Å². The molecule has 31 heavy (non-hydrogen) atoms. The molecular weight excluding hydrogens is 390 g/mol. The number of piperazine rings is 1. The standard InChI is InChI=1S/C24H29N5O2/c1-27-12-14-28(15-13-27)18-9-10-21-20(16-18)24(31)29-11-5-8-19(22(29)26-21)23(30)25-17-6-3-2-4-7-17/h5,8-11,16-17H,2-4,6-7,12-15H2,1H3,(H,25,30). The molecular formula is C24H29N5O2. The van der Waals surface area contributed by atoms with Gasteiger partial charge in [-0.1, -0.05) is 19.3 Å². The van der Waals surface area contributed by atoms with Crippen LogP contribution in [0.4, 0.5) is 5.69 Å². The predicted molar refractivity (Wildman–Crippen MR) is 123 cm³/mol. The first kappa shape index (κ1) is 20.0. The number of carbonyl (C=O) groups excluding carboxylic acids is 1. The van der Waals surface area contributed by atoms with Gasteiger partial charge in [-0.05, 0) is 50.2 Å². The minimum atomic E-state index is -0.148. The van der Waals surface area contributed by atoms with Crippen LogP contribution in [0.5, 0.6) is 0 Å². The number of rotatable bonds is 3. The highest BCUT2D eigenvalue weighted by Gasteiger charge is 2.20. The van der Waals surface area contributed by atoms with Crippen molar-refractivity contribution in [2.24, 2.45) is 0 Å². The van der Waals surface area contributed by atoms with Gasteiger partial charge in [0.1, 0.15) is 0 Å². The minimum absolute atomic E-state index is 0.136. The molecule has 7 heteroatoms. The Morgan fingerprint density at radius 1 is 1.06 bits per heavy atom. The van der Waals surface area contributed by atoms with Crippen molar-refractivity contribution in [1.29, 1.82) is 0 Å². The first-order chi connectivity index (χ1) is 15.1. The Bertz CT molecular complexity index is 1170. The van der Waals surface area contributed by atoms with Gasteiger partial charge < -0.3 is 15.1 Å². The van der Waals surface area contributed by atoms with E-state index in [2.05, 4.69) is 22.2 Å². The Morgan fingerprint density at radius 2 is 1.84 bits per heavy atom. The maximum atomic E-state index is 13.3. The van der Waals surface area contributed by atoms with E-state index < -0.39 is 0 Å². The van der Waals surface area contributed by atoms with E-state index in [4.69, 9.17) is 4.98 Å². The van der Waals surface area contributed by atoms with Crippen LogP contribution < -0.4 is 15.8 Å². The second-order valence-corrected chi connectivity index (χ2v) is 8.83. The third-order valence-corrected chi connectivity index (χ3v) is 6.68. The normalized spacial score (nSPS) is 18.5. The number of hydrogen-bond donors (Lipinski definition) is 1. The molecule has 1 saturated heterocycles. The number of likely N-dealkylation sites (N-methyl/N-ethyl adjacent to an activating group) is 1. The second kappa shape index (κ2) is 8.30. The van der Waals surface area contributed by atoms with Gasteiger partial charge in [-0.25, -0.2) is 4.98 Å². The van der Waals surface area contributed by atoms with Crippen molar-refractivity contribution >= 4 is 28.1 Å². The lowest BCUT2D eigenvalue weighted by atomic mass is 9.95. The zero-order valence-electron chi connectivity index (χ0n) is 18.0. The lowest BCUT2D eigenvalue weighted by Gasteiger charge is -2.34. The summed E-state index contributed by atoms with van der Waals surface area (Å²) in [4.78, 5) is 35.6. The molecule has 7 nitrogen and oxygen atoms in total. The molecule has 3 heterocycles. The van der Waals surface area contributed by atoms with Crippen molar-refractivity contribution in [2.75, 3.05) is 38.1 Å². The second-order valence-electron chi connectivity index (χ2n) is 8.83. The largest absolute Gasteiger partial charge is 0.369 e. The Labute approximate surface area is 181 Å². The highest BCUT2D eigenvalue weighted by molar-refractivity contribution is 6.00. The van der Waals surface area contributed by atoms with E-state index >= 15 is 0 Å². The quantitative estimate of drug-likeness (QED) is 0.661. The Morgan fingerprint density at radius 3 is 2.61 bits per heavy atom. The molecule has 2 aliphatic rings. The number of carbonyl (C=O) groups is 1. The molecule has 0 radical (unpaired) electrons. The maximum absolute atomic E-state index is 13.3. The summed E-state index contributed by atoms with van der Waals surface area (Å²) in [5.74, 6) is -0.148. The van der Waals surface area contributed by atoms with Gasteiger partial charge in [0.2, 0.25) is 0 Å². The molecule has 0 atom stereocenters. The van der Waals surface area contributed by atoms with Gasteiger partial charge in [0.05, 0.1) is 16.5 Å². The number of anilines is 1. The summed E-state index contributed by atoms with van der Waals surface area (Å²) in [5, 5.41) is 3.73. The fraction of sp³-hybridized carbons (Fsp3) is 0.458. The van der Waals surface area contributed by atoms with Crippen molar-refractivity contribution in [3.05, 3.63) is 52.4 Å². The van der Waals surface area contributed by atoms with Gasteiger partial charge in [0.15, 0.2) is 5.65 Å². The Hall–Kier alpha value is -2.93. The van der Waals surface area contributed by atoms with Crippen molar-refractivity contribution in [3.63, 3.8) is 0 Å². The molecule has 3 aromatic rings. The average Bonchev–Trinajstić information content (AvgIpc) is 2.80. The monoisotopic (exact) mass is 419 g/mol. The van der Waals surface area contributed by atoms with Gasteiger partial charge in [0, 0.05) is 44.1 Å². The third kappa shape index (κ3) is 3.90. The summed E-state index contributed by atoms with van der Waals surface area (Å²) in [7, 11) is 2.13. The van der Waals surface area contributed by atoms with Gasteiger partial charge >= 0.3 is 0 Å². The van der Waals surface area contributed by atoms with E-state index in [1.807, 2.05) is 18.2 Å². The van der Waals surface area contributed by atoms with E-state index in [9.17, 15) is 9.59 Å². The lowest BCUT2D eigenvalue weighted by Crippen LogP contribution is -2.44. The third-order valence-electron chi connectivity index (χ3n) is 6.68. The van der Waals surface area contributed by atoms with Crippen molar-refractivity contribution in [2.45, 2.75) is 38.1 Å². The first-order valence-corrected chi connectivity index (χ1v) is 11.3. The molecule has 2 fully saturated rings. The van der Waals surface area contributed by atoms with Crippen LogP contribution in [0.15, 0.2) is 41.3 Å². The average molecular weight is 420 g/mol. The number of fused-ring (bicyclic) bond motifs is 2. The van der Waals surface area contributed by atoms with E-state index in [0.29, 0.717) is 22.1 Å². The summed E-state index contributed by atoms with van der Waals surface area (Å²) < 4.78 is 1.51. The van der Waals surface area contributed by atoms with Crippen LogP contribution >= 0.6 is 0 Å². The summed E-state index contributed by atoms with van der Waals surface area (Å²) in [6.07, 6.45) is 7.27. The Kier molecular flexibility index (Phi) is 5.36. The smallest absolute Gasteiger partial charge is 0.265 e. The fourth-order valence-corrected chi connectivity index (χ4v) is 4.76. The van der Waals surface area contributed by atoms with Crippen LogP contribution in [0.25, 0.3) is 16.6 Å². The molecule has 5 rings (SSSR count). The lowest BCUT2D eigenvalue weighted by molar-refractivity contribution is 0.0929. The molecule has 1 saturated carbocycles. The van der Waals surface area contributed by atoms with Gasteiger partial charge in [-0.15, -0.1) is 0 Å². The van der Waals surface area contributed by atoms with Crippen LogP contribution in [0.1, 0.15) is 42.5 Å². The zero-order chi connectivity index (χ0) is 21.4. The van der Waals surface area contributed by atoms with Crippen LogP contribution in [-0.2, 0) is 0 Å². The van der Waals surface area contributed by atoms with Gasteiger partial charge in [0.25, 0.3) is 11.5 Å². The fourth-order valence-electron chi connectivity index (χ4n) is 4.76. The van der Waals surface area contributed by atoms with E-state index in [1.54, 1.807) is 18.3 Å². The van der Waals surface area contributed by atoms with Gasteiger partial charge in [-0.2, -0.15) is 0 Å². The van der Waals surface area contributed by atoms with Crippen LogP contribution in [0.3, 0.4) is 0 Å². The molecule has 2 aromatic heterocycles. The summed E-state index contributed by atoms with van der Waals surface area (Å²) in [5.41, 5.74) is 2.41. The summed E-state index contributed by atoms with van der Waals surface area (Å²) in [6, 6.07) is 9.59. The van der Waals surface area contributed by atoms with Crippen LogP contribution in [0.2, 0.25) is 0 Å². The van der Waals surface area contributed by atoms with Gasteiger partial charge in [-0.3, -0.25) is 14.0 Å². The van der Waals surface area contributed by atoms with Crippen molar-refractivity contribution in [3.8, 4) is 0 Å². The molecule has 1 aromatic carbocycles. The number of pyridine rings is 1. The predicted octanol–water partition coefficient (Wildman–Crippen LogP) is 2.66. The maximum Gasteiger partial charge on any atom is 0.265 e. The number of nitrogens with one attached hydrogen (secondary N) is 1. The molecule has 0 spiro atoms. The molecule has 1 aliphatic carbocycles. The Balaban J connectivity index is 1.52. The number of nitrogens with zero attached hydrogens (tertiary/aromatic N) is 4. The molecule has 0 unspecified atom stereocenters. The highest BCUT2D eigenvalue weighted by atomic mass is 16.2. The summed E-state index contributed by atoms with van der Waals surface area (Å²) >= 11 is 0. The number of benzene rings is 1. The molecule has 162 valence electrons. The molecule has 1 aliphatic heterocycles. The number of hydrogen-bond acceptors (Lipinski definition) is 5. The van der Waals surface area contributed by atoms with Crippen LogP contribution in [-0.4, -0.2) is 59.5 Å². The zero-order valence-corrected chi connectivity index (χ0v) is 18.0. The van der Waals surface area contributed by atoms with E-state index in [1.165, 1.54) is 10.8 Å². The molecule has 0 bridgehead atoms. The number of aromatic nitrogens is 2. The molecule has 1 N–H and O–H groups in total. The highest BCUT2D eigenvalue weighted by Crippen LogP contribution is 2.22. The minimum Gasteiger partial charge on any atom is -0.369 e. The molecule has 1 amide bonds. The van der Waals surface area contributed by atoms with E-state index in [-0.39, 0.29) is 17.5 Å². The SMILES string of the molecule is CN1CCN(c2ccc3nc4c(C(=O)NC5CCCCC5)cccn4c(=O)c3c2)CC1. The first-order valence-electron chi connectivity index (χ1n) is 11.3. The van der Waals surface area contributed by atoms with Crippen molar-refractivity contribution in [1.82, 2.24) is 19.6 Å². The van der Waals surface area contributed by atoms with Crippen molar-refractivity contribution < 1.29 is 4.79 Å². The summed E-state index contributed by atoms with van der Waals surface area (Å²) in [6.45, 7) is 3.89. The number of amides is 1.